The van der Waals surface area contributed by atoms with Gasteiger partial charge in [-0.05, 0) is 43.4 Å². The summed E-state index contributed by atoms with van der Waals surface area (Å²) in [6, 6.07) is 14.4. The van der Waals surface area contributed by atoms with E-state index in [4.69, 9.17) is 0 Å². The molecule has 0 saturated carbocycles. The third-order valence-electron chi connectivity index (χ3n) is 4.90. The summed E-state index contributed by atoms with van der Waals surface area (Å²) in [5, 5.41) is 2.87. The van der Waals surface area contributed by atoms with Crippen molar-refractivity contribution in [3.63, 3.8) is 0 Å². The standard InChI is InChI=1S/C23H22N4O3S2/c1-4-31-22-25-20-19(32-22)21(29)27(16-8-6-5-7-9-16)23(30)26(20)13-18(28)24-17-11-10-14(2)12-15(17)3/h5-12H,4,13H2,1-3H3,(H,24,28). The van der Waals surface area contributed by atoms with Crippen LogP contribution in [0, 0.1) is 13.8 Å². The topological polar surface area (TPSA) is 86.0 Å². The lowest BCUT2D eigenvalue weighted by Gasteiger charge is -2.13. The van der Waals surface area contributed by atoms with Crippen molar-refractivity contribution >= 4 is 45.0 Å². The lowest BCUT2D eigenvalue weighted by atomic mass is 10.1. The number of nitrogens with zero attached hydrogens (tertiary/aromatic N) is 3. The van der Waals surface area contributed by atoms with E-state index in [0.29, 0.717) is 20.4 Å². The van der Waals surface area contributed by atoms with Crippen LogP contribution in [0.4, 0.5) is 5.69 Å². The molecular formula is C23H22N4O3S2. The van der Waals surface area contributed by atoms with Crippen molar-refractivity contribution in [3.8, 4) is 5.69 Å². The van der Waals surface area contributed by atoms with E-state index in [1.807, 2.05) is 45.0 Å². The summed E-state index contributed by atoms with van der Waals surface area (Å²) < 4.78 is 3.42. The van der Waals surface area contributed by atoms with Gasteiger partial charge in [-0.15, -0.1) is 11.3 Å². The van der Waals surface area contributed by atoms with E-state index in [1.54, 1.807) is 24.3 Å². The summed E-state index contributed by atoms with van der Waals surface area (Å²) >= 11 is 2.74. The second-order valence-electron chi connectivity index (χ2n) is 7.28. The second kappa shape index (κ2) is 9.13. The highest BCUT2D eigenvalue weighted by Crippen LogP contribution is 2.27. The summed E-state index contributed by atoms with van der Waals surface area (Å²) in [6.07, 6.45) is 0. The Morgan fingerprint density at radius 1 is 1.12 bits per heavy atom. The van der Waals surface area contributed by atoms with E-state index in [2.05, 4.69) is 10.3 Å². The number of fused-ring (bicyclic) bond motifs is 1. The first-order valence-electron chi connectivity index (χ1n) is 10.1. The molecule has 4 rings (SSSR count). The molecule has 2 heterocycles. The SMILES string of the molecule is CCSc1nc2c(s1)c(=O)n(-c1ccccc1)c(=O)n2CC(=O)Nc1ccc(C)cc1C. The van der Waals surface area contributed by atoms with Crippen LogP contribution in [-0.2, 0) is 11.3 Å². The molecule has 0 bridgehead atoms. The van der Waals surface area contributed by atoms with Gasteiger partial charge in [-0.25, -0.2) is 14.3 Å². The number of para-hydroxylation sites is 1. The maximum Gasteiger partial charge on any atom is 0.337 e. The Morgan fingerprint density at radius 2 is 1.88 bits per heavy atom. The van der Waals surface area contributed by atoms with Crippen LogP contribution < -0.4 is 16.6 Å². The number of aromatic nitrogens is 3. The molecule has 0 unspecified atom stereocenters. The number of hydrogen-bond donors (Lipinski definition) is 1. The summed E-state index contributed by atoms with van der Waals surface area (Å²) in [6.45, 7) is 5.63. The molecule has 1 N–H and O–H groups in total. The van der Waals surface area contributed by atoms with Crippen LogP contribution in [0.15, 0.2) is 62.5 Å². The minimum Gasteiger partial charge on any atom is -0.324 e. The predicted molar refractivity (Wildman–Crippen MR) is 130 cm³/mol. The molecule has 7 nitrogen and oxygen atoms in total. The fourth-order valence-electron chi connectivity index (χ4n) is 3.43. The lowest BCUT2D eigenvalue weighted by molar-refractivity contribution is -0.116. The molecule has 4 aromatic rings. The lowest BCUT2D eigenvalue weighted by Crippen LogP contribution is -2.40. The van der Waals surface area contributed by atoms with E-state index in [0.717, 1.165) is 21.4 Å². The van der Waals surface area contributed by atoms with E-state index in [1.165, 1.54) is 27.7 Å². The first kappa shape index (κ1) is 22.0. The predicted octanol–water partition coefficient (Wildman–Crippen LogP) is 3.98. The summed E-state index contributed by atoms with van der Waals surface area (Å²) in [5.74, 6) is 0.417. The maximum atomic E-state index is 13.4. The molecule has 164 valence electrons. The molecule has 0 aliphatic carbocycles. The zero-order chi connectivity index (χ0) is 22.8. The number of benzene rings is 2. The Bertz CT molecular complexity index is 1420. The molecule has 9 heteroatoms. The third-order valence-corrected chi connectivity index (χ3v) is 6.96. The van der Waals surface area contributed by atoms with Crippen molar-refractivity contribution in [1.29, 1.82) is 0 Å². The largest absolute Gasteiger partial charge is 0.337 e. The summed E-state index contributed by atoms with van der Waals surface area (Å²) in [7, 11) is 0. The van der Waals surface area contributed by atoms with Gasteiger partial charge in [-0.3, -0.25) is 14.2 Å². The van der Waals surface area contributed by atoms with Crippen molar-refractivity contribution in [2.45, 2.75) is 31.7 Å². The van der Waals surface area contributed by atoms with E-state index in [9.17, 15) is 14.4 Å². The van der Waals surface area contributed by atoms with Crippen LogP contribution in [0.2, 0.25) is 0 Å². The minimum absolute atomic E-state index is 0.240. The first-order valence-corrected chi connectivity index (χ1v) is 11.9. The molecule has 0 fully saturated rings. The number of amides is 1. The van der Waals surface area contributed by atoms with Crippen molar-refractivity contribution in [3.05, 3.63) is 80.5 Å². The summed E-state index contributed by atoms with van der Waals surface area (Å²) in [4.78, 5) is 43.9. The molecule has 2 aromatic heterocycles. The molecule has 1 amide bonds. The van der Waals surface area contributed by atoms with Crippen LogP contribution in [0.1, 0.15) is 18.1 Å². The van der Waals surface area contributed by atoms with E-state index in [-0.39, 0.29) is 18.1 Å². The Morgan fingerprint density at radius 3 is 2.56 bits per heavy atom. The van der Waals surface area contributed by atoms with Gasteiger partial charge in [-0.1, -0.05) is 54.6 Å². The van der Waals surface area contributed by atoms with Gasteiger partial charge < -0.3 is 5.32 Å². The zero-order valence-electron chi connectivity index (χ0n) is 17.9. The number of hydrogen-bond acceptors (Lipinski definition) is 6. The molecule has 0 spiro atoms. The highest BCUT2D eigenvalue weighted by atomic mass is 32.2. The number of rotatable bonds is 6. The van der Waals surface area contributed by atoms with Crippen molar-refractivity contribution in [1.82, 2.24) is 14.1 Å². The third kappa shape index (κ3) is 4.26. The Balaban J connectivity index is 1.82. The molecule has 32 heavy (non-hydrogen) atoms. The Kier molecular flexibility index (Phi) is 6.29. The van der Waals surface area contributed by atoms with Crippen molar-refractivity contribution < 1.29 is 4.79 Å². The van der Waals surface area contributed by atoms with Gasteiger partial charge in [0.15, 0.2) is 9.99 Å². The van der Waals surface area contributed by atoms with Gasteiger partial charge in [0.1, 0.15) is 11.2 Å². The average molecular weight is 467 g/mol. The smallest absolute Gasteiger partial charge is 0.324 e. The fraction of sp³-hybridized carbons (Fsp3) is 0.217. The van der Waals surface area contributed by atoms with Gasteiger partial charge in [0.2, 0.25) is 5.91 Å². The Labute approximate surface area is 192 Å². The van der Waals surface area contributed by atoms with Gasteiger partial charge in [0.25, 0.3) is 5.56 Å². The number of anilines is 1. The van der Waals surface area contributed by atoms with Crippen LogP contribution in [0.5, 0.6) is 0 Å². The second-order valence-corrected chi connectivity index (χ2v) is 9.79. The monoisotopic (exact) mass is 466 g/mol. The number of carbonyl (C=O) groups is 1. The first-order chi connectivity index (χ1) is 15.4. The molecule has 0 radical (unpaired) electrons. The van der Waals surface area contributed by atoms with Crippen LogP contribution >= 0.6 is 23.1 Å². The highest BCUT2D eigenvalue weighted by Gasteiger charge is 2.20. The van der Waals surface area contributed by atoms with Gasteiger partial charge in [0, 0.05) is 5.69 Å². The van der Waals surface area contributed by atoms with Crippen LogP contribution in [0.3, 0.4) is 0 Å². The van der Waals surface area contributed by atoms with E-state index >= 15 is 0 Å². The number of aryl methyl sites for hydroxylation is 2. The molecule has 0 atom stereocenters. The quantitative estimate of drug-likeness (QED) is 0.435. The van der Waals surface area contributed by atoms with Gasteiger partial charge in [0.05, 0.1) is 5.69 Å². The van der Waals surface area contributed by atoms with Crippen LogP contribution in [0.25, 0.3) is 16.0 Å². The molecule has 0 aliphatic rings. The normalized spacial score (nSPS) is 11.1. The van der Waals surface area contributed by atoms with Gasteiger partial charge in [-0.2, -0.15) is 0 Å². The van der Waals surface area contributed by atoms with Crippen LogP contribution in [-0.4, -0.2) is 25.8 Å². The average Bonchev–Trinajstić information content (AvgIpc) is 3.18. The molecule has 0 saturated heterocycles. The fourth-order valence-corrected chi connectivity index (χ4v) is 5.40. The number of nitrogens with one attached hydrogen (secondary N) is 1. The summed E-state index contributed by atoms with van der Waals surface area (Å²) in [5.41, 5.74) is 2.37. The highest BCUT2D eigenvalue weighted by molar-refractivity contribution is 8.01. The van der Waals surface area contributed by atoms with Gasteiger partial charge >= 0.3 is 5.69 Å². The number of thioether (sulfide) groups is 1. The minimum atomic E-state index is -0.595. The molecule has 2 aromatic carbocycles. The zero-order valence-corrected chi connectivity index (χ0v) is 19.5. The number of thiazole rings is 1. The Hall–Kier alpha value is -3.17. The van der Waals surface area contributed by atoms with Crippen molar-refractivity contribution in [2.75, 3.05) is 11.1 Å². The molecule has 0 aliphatic heterocycles. The number of carbonyl (C=O) groups excluding carboxylic acids is 1. The molecular weight excluding hydrogens is 444 g/mol. The van der Waals surface area contributed by atoms with Crippen molar-refractivity contribution in [2.24, 2.45) is 0 Å². The maximum absolute atomic E-state index is 13.4. The van der Waals surface area contributed by atoms with E-state index < -0.39 is 11.2 Å².